The van der Waals surface area contributed by atoms with E-state index in [0.717, 1.165) is 0 Å². The first kappa shape index (κ1) is 16.3. The molecule has 0 saturated carbocycles. The molecule has 2 aromatic rings. The molecule has 0 aliphatic heterocycles. The molecule has 0 aliphatic carbocycles. The number of ether oxygens (including phenoxy) is 2. The van der Waals surface area contributed by atoms with Crippen molar-refractivity contribution in [2.75, 3.05) is 7.11 Å². The maximum Gasteiger partial charge on any atom is 0.339 e. The zero-order chi connectivity index (χ0) is 16.1. The lowest BCUT2D eigenvalue weighted by Gasteiger charge is -2.12. The number of hydrogen-bond acceptors (Lipinski definition) is 4. The van der Waals surface area contributed by atoms with Gasteiger partial charge in [0.1, 0.15) is 6.61 Å². The van der Waals surface area contributed by atoms with Gasteiger partial charge >= 0.3 is 5.97 Å². The number of hydrogen-bond donors (Lipinski definition) is 0. The number of carbonyl (C=O) groups excluding carboxylic acids is 2. The summed E-state index contributed by atoms with van der Waals surface area (Å²) in [6.07, 6.45) is 0. The van der Waals surface area contributed by atoms with E-state index < -0.39 is 5.97 Å². The minimum absolute atomic E-state index is 0.0600. The molecule has 0 heterocycles. The van der Waals surface area contributed by atoms with E-state index in [0.29, 0.717) is 28.2 Å². The molecule has 0 amide bonds. The fourth-order valence-electron chi connectivity index (χ4n) is 2.03. The van der Waals surface area contributed by atoms with Gasteiger partial charge in [-0.1, -0.05) is 53.5 Å². The van der Waals surface area contributed by atoms with Crippen molar-refractivity contribution < 1.29 is 19.1 Å². The summed E-state index contributed by atoms with van der Waals surface area (Å²) in [5.41, 5.74) is 2.14. The van der Waals surface area contributed by atoms with Crippen LogP contribution in [0.5, 0.6) is 0 Å². The third-order valence-electron chi connectivity index (χ3n) is 3.08. The second kappa shape index (κ2) is 7.29. The van der Waals surface area contributed by atoms with Crippen molar-refractivity contribution in [2.24, 2.45) is 0 Å². The normalized spacial score (nSPS) is 10.1. The Morgan fingerprint density at radius 3 is 2.36 bits per heavy atom. The van der Waals surface area contributed by atoms with Gasteiger partial charge in [-0.2, -0.15) is 0 Å². The van der Waals surface area contributed by atoms with Crippen LogP contribution < -0.4 is 0 Å². The molecule has 6 heteroatoms. The van der Waals surface area contributed by atoms with E-state index in [2.05, 4.69) is 0 Å². The molecule has 0 saturated heterocycles. The molecule has 0 bridgehead atoms. The van der Waals surface area contributed by atoms with E-state index in [1.54, 1.807) is 36.4 Å². The zero-order valence-electron chi connectivity index (χ0n) is 11.6. The first-order valence-electron chi connectivity index (χ1n) is 6.30. The monoisotopic (exact) mass is 338 g/mol. The van der Waals surface area contributed by atoms with Gasteiger partial charge in [0, 0.05) is 16.7 Å². The quantitative estimate of drug-likeness (QED) is 0.607. The molecule has 0 fully saturated rings. The summed E-state index contributed by atoms with van der Waals surface area (Å²) in [6.45, 7) is 0.415. The van der Waals surface area contributed by atoms with Crippen molar-refractivity contribution in [3.8, 4) is 11.1 Å². The Labute approximate surface area is 137 Å². The molecule has 0 N–H and O–H groups in total. The van der Waals surface area contributed by atoms with Crippen LogP contribution >= 0.6 is 23.2 Å². The highest BCUT2D eigenvalue weighted by molar-refractivity contribution is 6.38. The predicted molar refractivity (Wildman–Crippen MR) is 84.1 cm³/mol. The molecule has 0 unspecified atom stereocenters. The van der Waals surface area contributed by atoms with Crippen LogP contribution in [0.1, 0.15) is 15.9 Å². The molecule has 0 atom stereocenters. The van der Waals surface area contributed by atoms with Crippen LogP contribution in [0.4, 0.5) is 0 Å². The highest BCUT2D eigenvalue weighted by Crippen LogP contribution is 2.37. The number of methoxy groups -OCH3 is 1. The van der Waals surface area contributed by atoms with Gasteiger partial charge in [-0.15, -0.1) is 0 Å². The van der Waals surface area contributed by atoms with Gasteiger partial charge in [-0.05, 0) is 6.07 Å². The lowest BCUT2D eigenvalue weighted by Crippen LogP contribution is -2.03. The van der Waals surface area contributed by atoms with Crippen LogP contribution in [0.3, 0.4) is 0 Å². The Kier molecular flexibility index (Phi) is 5.41. The predicted octanol–water partition coefficient (Wildman–Crippen LogP) is 4.12. The van der Waals surface area contributed by atoms with Gasteiger partial charge in [0.15, 0.2) is 0 Å². The van der Waals surface area contributed by atoms with Crippen molar-refractivity contribution in [2.45, 2.75) is 6.61 Å². The van der Waals surface area contributed by atoms with Crippen LogP contribution in [0, 0.1) is 0 Å². The first-order chi connectivity index (χ1) is 10.6. The molecular formula is C16H12Cl2O4. The van der Waals surface area contributed by atoms with E-state index in [9.17, 15) is 9.59 Å². The molecule has 0 aromatic heterocycles. The standard InChI is InChI=1S/C16H12Cl2O4/c1-21-16(20)13-7-3-6-12(15(13)18)11-5-2-4-10(14(11)17)8-22-9-19/h2-7,9H,8H2,1H3. The second-order valence-corrected chi connectivity index (χ2v) is 5.10. The van der Waals surface area contributed by atoms with Crippen LogP contribution in [-0.4, -0.2) is 19.6 Å². The maximum absolute atomic E-state index is 11.7. The highest BCUT2D eigenvalue weighted by Gasteiger charge is 2.17. The number of rotatable bonds is 5. The van der Waals surface area contributed by atoms with Crippen molar-refractivity contribution >= 4 is 35.6 Å². The third-order valence-corrected chi connectivity index (χ3v) is 3.93. The van der Waals surface area contributed by atoms with Gasteiger partial charge in [0.05, 0.1) is 22.7 Å². The van der Waals surface area contributed by atoms with E-state index in [4.69, 9.17) is 32.7 Å². The fraction of sp³-hybridized carbons (Fsp3) is 0.125. The minimum atomic E-state index is -0.525. The lowest BCUT2D eigenvalue weighted by atomic mass is 10.0. The summed E-state index contributed by atoms with van der Waals surface area (Å²) in [5, 5.41) is 0.665. The Hall–Kier alpha value is -2.04. The van der Waals surface area contributed by atoms with Gasteiger partial charge in [0.25, 0.3) is 6.47 Å². The Morgan fingerprint density at radius 2 is 1.73 bits per heavy atom. The van der Waals surface area contributed by atoms with E-state index >= 15 is 0 Å². The summed E-state index contributed by atoms with van der Waals surface area (Å²) in [7, 11) is 1.29. The molecule has 2 aromatic carbocycles. The molecule has 2 rings (SSSR count). The van der Waals surface area contributed by atoms with Crippen LogP contribution in [-0.2, 0) is 20.9 Å². The molecule has 0 spiro atoms. The van der Waals surface area contributed by atoms with Gasteiger partial charge < -0.3 is 9.47 Å². The fourth-order valence-corrected chi connectivity index (χ4v) is 2.62. The van der Waals surface area contributed by atoms with Gasteiger partial charge in [0.2, 0.25) is 0 Å². The first-order valence-corrected chi connectivity index (χ1v) is 7.05. The van der Waals surface area contributed by atoms with Crippen LogP contribution in [0.25, 0.3) is 11.1 Å². The lowest BCUT2D eigenvalue weighted by molar-refractivity contribution is -0.129. The van der Waals surface area contributed by atoms with Gasteiger partial charge in [-0.3, -0.25) is 4.79 Å². The number of benzene rings is 2. The molecular weight excluding hydrogens is 327 g/mol. The van der Waals surface area contributed by atoms with E-state index in [1.165, 1.54) is 7.11 Å². The molecule has 22 heavy (non-hydrogen) atoms. The number of halogens is 2. The molecule has 0 aliphatic rings. The average molecular weight is 339 g/mol. The molecule has 114 valence electrons. The number of esters is 1. The maximum atomic E-state index is 11.7. The summed E-state index contributed by atoms with van der Waals surface area (Å²) < 4.78 is 9.43. The molecule has 0 radical (unpaired) electrons. The summed E-state index contributed by atoms with van der Waals surface area (Å²) >= 11 is 12.6. The van der Waals surface area contributed by atoms with Crippen LogP contribution in [0.15, 0.2) is 36.4 Å². The Bertz CT molecular complexity index is 713. The Morgan fingerprint density at radius 1 is 1.09 bits per heavy atom. The van der Waals surface area contributed by atoms with Gasteiger partial charge in [-0.25, -0.2) is 4.79 Å². The summed E-state index contributed by atoms with van der Waals surface area (Å²) in [5.74, 6) is -0.525. The highest BCUT2D eigenvalue weighted by atomic mass is 35.5. The van der Waals surface area contributed by atoms with E-state index in [-0.39, 0.29) is 17.2 Å². The van der Waals surface area contributed by atoms with Crippen molar-refractivity contribution in [1.82, 2.24) is 0 Å². The van der Waals surface area contributed by atoms with Crippen molar-refractivity contribution in [3.63, 3.8) is 0 Å². The summed E-state index contributed by atoms with van der Waals surface area (Å²) in [6, 6.07) is 10.3. The summed E-state index contributed by atoms with van der Waals surface area (Å²) in [4.78, 5) is 22.0. The van der Waals surface area contributed by atoms with Crippen molar-refractivity contribution in [3.05, 3.63) is 57.6 Å². The smallest absolute Gasteiger partial charge is 0.339 e. The van der Waals surface area contributed by atoms with E-state index in [1.807, 2.05) is 0 Å². The Balaban J connectivity index is 2.53. The average Bonchev–Trinajstić information content (AvgIpc) is 2.54. The minimum Gasteiger partial charge on any atom is -0.465 e. The van der Waals surface area contributed by atoms with Crippen molar-refractivity contribution in [1.29, 1.82) is 0 Å². The largest absolute Gasteiger partial charge is 0.465 e. The topological polar surface area (TPSA) is 52.6 Å². The second-order valence-electron chi connectivity index (χ2n) is 4.34. The SMILES string of the molecule is COC(=O)c1cccc(-c2cccc(COC=O)c2Cl)c1Cl. The zero-order valence-corrected chi connectivity index (χ0v) is 13.1. The molecule has 4 nitrogen and oxygen atoms in total. The third kappa shape index (κ3) is 3.24. The number of carbonyl (C=O) groups is 2. The van der Waals surface area contributed by atoms with Crippen LogP contribution in [0.2, 0.25) is 10.0 Å².